The molecule has 1 aromatic heterocycles. The number of rotatable bonds is 3. The van der Waals surface area contributed by atoms with Gasteiger partial charge < -0.3 is 0 Å². The van der Waals surface area contributed by atoms with E-state index in [4.69, 9.17) is 0 Å². The molecular weight excluding hydrogens is 287 g/mol. The molecule has 0 saturated carbocycles. The van der Waals surface area contributed by atoms with Crippen molar-refractivity contribution >= 4 is 22.6 Å². The highest BCUT2D eigenvalue weighted by Gasteiger charge is 1.95. The molecule has 1 aromatic carbocycles. The van der Waals surface area contributed by atoms with E-state index in [-0.39, 0.29) is 0 Å². The SMILES string of the molecule is Ic1cnn(CCc2ccccc2)c1. The zero-order valence-electron chi connectivity index (χ0n) is 7.73. The Morgan fingerprint density at radius 3 is 2.64 bits per heavy atom. The Hall–Kier alpha value is -0.840. The van der Waals surface area contributed by atoms with E-state index in [9.17, 15) is 0 Å². The van der Waals surface area contributed by atoms with Crippen molar-refractivity contribution in [3.63, 3.8) is 0 Å². The molecular formula is C11H11IN2. The number of aryl methyl sites for hydroxylation is 2. The first-order valence-corrected chi connectivity index (χ1v) is 5.64. The molecule has 0 bridgehead atoms. The number of halogens is 1. The number of hydrogen-bond acceptors (Lipinski definition) is 1. The molecule has 1 heterocycles. The average molecular weight is 298 g/mol. The highest BCUT2D eigenvalue weighted by Crippen LogP contribution is 2.04. The summed E-state index contributed by atoms with van der Waals surface area (Å²) in [6.45, 7) is 0.951. The van der Waals surface area contributed by atoms with Gasteiger partial charge in [-0.05, 0) is 34.6 Å². The van der Waals surface area contributed by atoms with Crippen molar-refractivity contribution in [2.75, 3.05) is 0 Å². The summed E-state index contributed by atoms with van der Waals surface area (Å²) in [5.41, 5.74) is 1.36. The molecule has 3 heteroatoms. The second-order valence-electron chi connectivity index (χ2n) is 3.16. The Morgan fingerprint density at radius 1 is 1.21 bits per heavy atom. The molecule has 0 atom stereocenters. The summed E-state index contributed by atoms with van der Waals surface area (Å²) in [5, 5.41) is 4.24. The van der Waals surface area contributed by atoms with Crippen LogP contribution >= 0.6 is 22.6 Å². The molecule has 0 saturated heterocycles. The van der Waals surface area contributed by atoms with Crippen LogP contribution in [0.1, 0.15) is 5.56 Å². The van der Waals surface area contributed by atoms with Gasteiger partial charge in [0.1, 0.15) is 0 Å². The minimum atomic E-state index is 0.951. The van der Waals surface area contributed by atoms with Crippen molar-refractivity contribution in [2.45, 2.75) is 13.0 Å². The van der Waals surface area contributed by atoms with Crippen LogP contribution in [0.25, 0.3) is 0 Å². The summed E-state index contributed by atoms with van der Waals surface area (Å²) in [6, 6.07) is 10.5. The maximum Gasteiger partial charge on any atom is 0.0623 e. The van der Waals surface area contributed by atoms with Gasteiger partial charge in [-0.3, -0.25) is 4.68 Å². The van der Waals surface area contributed by atoms with Crippen molar-refractivity contribution in [1.82, 2.24) is 9.78 Å². The van der Waals surface area contributed by atoms with E-state index in [0.29, 0.717) is 0 Å². The number of hydrogen-bond donors (Lipinski definition) is 0. The van der Waals surface area contributed by atoms with Crippen LogP contribution in [-0.2, 0) is 13.0 Å². The molecule has 2 nitrogen and oxygen atoms in total. The lowest BCUT2D eigenvalue weighted by Gasteiger charge is -2.00. The van der Waals surface area contributed by atoms with Gasteiger partial charge in [0.25, 0.3) is 0 Å². The van der Waals surface area contributed by atoms with Crippen LogP contribution in [0, 0.1) is 3.57 Å². The van der Waals surface area contributed by atoms with Gasteiger partial charge in [0.15, 0.2) is 0 Å². The van der Waals surface area contributed by atoms with Gasteiger partial charge in [0.2, 0.25) is 0 Å². The van der Waals surface area contributed by atoms with E-state index in [1.54, 1.807) is 0 Å². The summed E-state index contributed by atoms with van der Waals surface area (Å²) in [6.07, 6.45) is 4.98. The predicted molar refractivity (Wildman–Crippen MR) is 65.1 cm³/mol. The minimum Gasteiger partial charge on any atom is -0.271 e. The highest BCUT2D eigenvalue weighted by molar-refractivity contribution is 14.1. The van der Waals surface area contributed by atoms with E-state index in [1.807, 2.05) is 16.9 Å². The van der Waals surface area contributed by atoms with Crippen LogP contribution in [0.2, 0.25) is 0 Å². The highest BCUT2D eigenvalue weighted by atomic mass is 127. The van der Waals surface area contributed by atoms with E-state index in [1.165, 1.54) is 9.13 Å². The lowest BCUT2D eigenvalue weighted by molar-refractivity contribution is 0.614. The third-order valence-electron chi connectivity index (χ3n) is 2.07. The van der Waals surface area contributed by atoms with Crippen LogP contribution < -0.4 is 0 Å². The Kier molecular flexibility index (Phi) is 3.18. The maximum atomic E-state index is 4.24. The second kappa shape index (κ2) is 4.59. The number of benzene rings is 1. The fraction of sp³-hybridized carbons (Fsp3) is 0.182. The maximum absolute atomic E-state index is 4.24. The topological polar surface area (TPSA) is 17.8 Å². The predicted octanol–water partition coefficient (Wildman–Crippen LogP) is 2.73. The molecule has 0 fully saturated rings. The molecule has 14 heavy (non-hydrogen) atoms. The second-order valence-corrected chi connectivity index (χ2v) is 4.40. The Balaban J connectivity index is 1.95. The minimum absolute atomic E-state index is 0.951. The lowest BCUT2D eigenvalue weighted by atomic mass is 10.2. The number of nitrogens with zero attached hydrogens (tertiary/aromatic N) is 2. The average Bonchev–Trinajstić information content (AvgIpc) is 2.63. The van der Waals surface area contributed by atoms with Crippen LogP contribution in [0.5, 0.6) is 0 Å². The lowest BCUT2D eigenvalue weighted by Crippen LogP contribution is -2.01. The molecule has 0 N–H and O–H groups in total. The Morgan fingerprint density at radius 2 is 2.00 bits per heavy atom. The molecule has 0 amide bonds. The summed E-state index contributed by atoms with van der Waals surface area (Å²) in [7, 11) is 0. The normalized spacial score (nSPS) is 10.4. The van der Waals surface area contributed by atoms with E-state index >= 15 is 0 Å². The van der Waals surface area contributed by atoms with Crippen molar-refractivity contribution in [1.29, 1.82) is 0 Å². The van der Waals surface area contributed by atoms with Crippen molar-refractivity contribution in [3.05, 3.63) is 51.9 Å². The molecule has 0 aliphatic heterocycles. The first-order chi connectivity index (χ1) is 6.84. The summed E-state index contributed by atoms with van der Waals surface area (Å²) < 4.78 is 3.17. The fourth-order valence-corrected chi connectivity index (χ4v) is 1.80. The molecule has 2 aromatic rings. The third kappa shape index (κ3) is 2.57. The zero-order chi connectivity index (χ0) is 9.80. The van der Waals surface area contributed by atoms with E-state index < -0.39 is 0 Å². The standard InChI is InChI=1S/C11H11IN2/c12-11-8-13-14(9-11)7-6-10-4-2-1-3-5-10/h1-5,8-9H,6-7H2. The monoisotopic (exact) mass is 298 g/mol. The van der Waals surface area contributed by atoms with Gasteiger partial charge in [-0.1, -0.05) is 30.3 Å². The summed E-state index contributed by atoms with van der Waals surface area (Å²) >= 11 is 2.27. The van der Waals surface area contributed by atoms with Crippen LogP contribution in [-0.4, -0.2) is 9.78 Å². The zero-order valence-corrected chi connectivity index (χ0v) is 9.89. The van der Waals surface area contributed by atoms with E-state index in [0.717, 1.165) is 13.0 Å². The van der Waals surface area contributed by atoms with Gasteiger partial charge >= 0.3 is 0 Å². The van der Waals surface area contributed by atoms with Crippen molar-refractivity contribution < 1.29 is 0 Å². The Bertz CT molecular complexity index is 395. The largest absolute Gasteiger partial charge is 0.271 e. The summed E-state index contributed by atoms with van der Waals surface area (Å²) in [4.78, 5) is 0. The molecule has 0 aliphatic carbocycles. The fourth-order valence-electron chi connectivity index (χ4n) is 1.35. The summed E-state index contributed by atoms with van der Waals surface area (Å²) in [5.74, 6) is 0. The smallest absolute Gasteiger partial charge is 0.0623 e. The molecule has 0 unspecified atom stereocenters. The number of aromatic nitrogens is 2. The van der Waals surface area contributed by atoms with Crippen LogP contribution in [0.3, 0.4) is 0 Å². The Labute approximate surface area is 97.1 Å². The first-order valence-electron chi connectivity index (χ1n) is 4.56. The van der Waals surface area contributed by atoms with Gasteiger partial charge in [0, 0.05) is 12.7 Å². The van der Waals surface area contributed by atoms with Gasteiger partial charge in [-0.15, -0.1) is 0 Å². The van der Waals surface area contributed by atoms with Crippen LogP contribution in [0.4, 0.5) is 0 Å². The molecule has 0 radical (unpaired) electrons. The molecule has 0 aliphatic rings. The van der Waals surface area contributed by atoms with Crippen molar-refractivity contribution in [3.8, 4) is 0 Å². The van der Waals surface area contributed by atoms with Crippen LogP contribution in [0.15, 0.2) is 42.7 Å². The molecule has 0 spiro atoms. The van der Waals surface area contributed by atoms with Gasteiger partial charge in [-0.25, -0.2) is 0 Å². The van der Waals surface area contributed by atoms with E-state index in [2.05, 4.69) is 58.2 Å². The third-order valence-corrected chi connectivity index (χ3v) is 2.63. The van der Waals surface area contributed by atoms with Gasteiger partial charge in [0.05, 0.1) is 9.77 Å². The van der Waals surface area contributed by atoms with Gasteiger partial charge in [-0.2, -0.15) is 5.10 Å². The molecule has 2 rings (SSSR count). The quantitative estimate of drug-likeness (QED) is 0.797. The van der Waals surface area contributed by atoms with Crippen molar-refractivity contribution in [2.24, 2.45) is 0 Å². The first kappa shape index (κ1) is 9.71. The molecule has 72 valence electrons.